The molecule has 1 amide bonds. The average molecular weight is 166 g/mol. The second-order valence-corrected chi connectivity index (χ2v) is 3.03. The van der Waals surface area contributed by atoms with Crippen LogP contribution in [0.3, 0.4) is 0 Å². The van der Waals surface area contributed by atoms with E-state index in [0.717, 1.165) is 10.6 Å². The van der Waals surface area contributed by atoms with Gasteiger partial charge in [-0.3, -0.25) is 4.79 Å². The topological polar surface area (TPSA) is 41.1 Å². The molecule has 0 aromatic carbocycles. The minimum Gasteiger partial charge on any atom is -0.359 e. The summed E-state index contributed by atoms with van der Waals surface area (Å²) in [5.41, 5.74) is 0.876. The highest BCUT2D eigenvalue weighted by Crippen LogP contribution is 2.22. The fraction of sp³-hybridized carbons (Fsp3) is 0. The maximum Gasteiger partial charge on any atom is 0.267 e. The molecule has 3 nitrogen and oxygen atoms in total. The lowest BCUT2D eigenvalue weighted by Crippen LogP contribution is -2.14. The van der Waals surface area contributed by atoms with Crippen molar-refractivity contribution >= 4 is 22.9 Å². The molecule has 1 aromatic heterocycles. The summed E-state index contributed by atoms with van der Waals surface area (Å²) in [6.07, 6.45) is 3.30. The third-order valence-electron chi connectivity index (χ3n) is 1.41. The number of hydrogen-bond acceptors (Lipinski definition) is 3. The van der Waals surface area contributed by atoms with Crippen LogP contribution in [0.25, 0.3) is 0 Å². The summed E-state index contributed by atoms with van der Waals surface area (Å²) in [5.74, 6) is -0.0451. The zero-order valence-corrected chi connectivity index (χ0v) is 6.44. The summed E-state index contributed by atoms with van der Waals surface area (Å²) in [6, 6.07) is 1.88. The van der Waals surface area contributed by atoms with Gasteiger partial charge in [-0.15, -0.1) is 11.3 Å². The molecule has 0 fully saturated rings. The van der Waals surface area contributed by atoms with E-state index >= 15 is 0 Å². The fourth-order valence-corrected chi connectivity index (χ4v) is 1.67. The molecule has 0 saturated carbocycles. The lowest BCUT2D eigenvalue weighted by molar-refractivity contribution is 0.0975. The van der Waals surface area contributed by atoms with Crippen LogP contribution in [-0.2, 0) is 0 Å². The molecular formula is C7H6N2OS. The molecule has 0 bridgehead atoms. The van der Waals surface area contributed by atoms with Gasteiger partial charge in [-0.2, -0.15) is 0 Å². The number of amides is 1. The molecular weight excluding hydrogens is 160 g/mol. The van der Waals surface area contributed by atoms with E-state index in [-0.39, 0.29) is 5.91 Å². The molecule has 1 aliphatic heterocycles. The molecule has 56 valence electrons. The van der Waals surface area contributed by atoms with Crippen molar-refractivity contribution in [3.8, 4) is 0 Å². The first-order chi connectivity index (χ1) is 5.38. The van der Waals surface area contributed by atoms with Crippen LogP contribution in [-0.4, -0.2) is 5.91 Å². The first-order valence-electron chi connectivity index (χ1n) is 3.18. The van der Waals surface area contributed by atoms with Crippen molar-refractivity contribution < 1.29 is 4.79 Å². The quantitative estimate of drug-likeness (QED) is 0.611. The molecule has 2 heterocycles. The highest BCUT2D eigenvalue weighted by atomic mass is 32.1. The number of rotatable bonds is 0. The van der Waals surface area contributed by atoms with Crippen LogP contribution in [0.1, 0.15) is 9.67 Å². The van der Waals surface area contributed by atoms with Crippen LogP contribution in [0, 0.1) is 0 Å². The number of thiophene rings is 1. The maximum atomic E-state index is 11.2. The van der Waals surface area contributed by atoms with Crippen molar-refractivity contribution in [2.45, 2.75) is 0 Å². The lowest BCUT2D eigenvalue weighted by Gasteiger charge is -1.95. The van der Waals surface area contributed by atoms with Crippen molar-refractivity contribution in [3.05, 3.63) is 28.7 Å². The van der Waals surface area contributed by atoms with E-state index in [9.17, 15) is 4.79 Å². The second kappa shape index (κ2) is 2.39. The van der Waals surface area contributed by atoms with Gasteiger partial charge >= 0.3 is 0 Å². The Morgan fingerprint density at radius 1 is 1.27 bits per heavy atom. The van der Waals surface area contributed by atoms with Gasteiger partial charge in [-0.05, 0) is 11.4 Å². The molecule has 4 heteroatoms. The van der Waals surface area contributed by atoms with Crippen LogP contribution < -0.4 is 10.6 Å². The van der Waals surface area contributed by atoms with Crippen LogP contribution >= 0.6 is 11.3 Å². The molecule has 2 N–H and O–H groups in total. The normalized spacial score (nSPS) is 14.7. The number of carbonyl (C=O) groups excluding carboxylic acids is 1. The number of hydrogen-bond donors (Lipinski definition) is 2. The third-order valence-corrected chi connectivity index (χ3v) is 2.32. The van der Waals surface area contributed by atoms with E-state index in [0.29, 0.717) is 0 Å². The Morgan fingerprint density at radius 2 is 2.09 bits per heavy atom. The molecule has 0 spiro atoms. The summed E-state index contributed by atoms with van der Waals surface area (Å²) in [4.78, 5) is 11.9. The summed E-state index contributed by atoms with van der Waals surface area (Å²) >= 11 is 1.43. The average Bonchev–Trinajstić information content (AvgIpc) is 2.40. The Hall–Kier alpha value is -1.29. The molecule has 0 unspecified atom stereocenters. The molecule has 1 aliphatic rings. The minimum absolute atomic E-state index is 0.0451. The summed E-state index contributed by atoms with van der Waals surface area (Å²) in [6.45, 7) is 0. The van der Waals surface area contributed by atoms with Crippen molar-refractivity contribution in [1.29, 1.82) is 0 Å². The molecule has 0 saturated heterocycles. The van der Waals surface area contributed by atoms with E-state index in [2.05, 4.69) is 10.6 Å². The molecule has 2 rings (SSSR count). The Balaban J connectivity index is 2.49. The summed E-state index contributed by atoms with van der Waals surface area (Å²) < 4.78 is 0. The predicted molar refractivity (Wildman–Crippen MR) is 44.5 cm³/mol. The Kier molecular flexibility index (Phi) is 1.40. The zero-order chi connectivity index (χ0) is 7.68. The Morgan fingerprint density at radius 3 is 3.00 bits per heavy atom. The highest BCUT2D eigenvalue weighted by molar-refractivity contribution is 7.12. The molecule has 0 aliphatic carbocycles. The van der Waals surface area contributed by atoms with Gasteiger partial charge in [-0.1, -0.05) is 0 Å². The second-order valence-electron chi connectivity index (χ2n) is 2.11. The van der Waals surface area contributed by atoms with E-state index in [1.807, 2.05) is 11.4 Å². The smallest absolute Gasteiger partial charge is 0.267 e. The van der Waals surface area contributed by atoms with Crippen molar-refractivity contribution in [2.75, 3.05) is 5.32 Å². The van der Waals surface area contributed by atoms with Gasteiger partial charge in [0, 0.05) is 12.4 Å². The van der Waals surface area contributed by atoms with Gasteiger partial charge in [0.1, 0.15) is 4.88 Å². The van der Waals surface area contributed by atoms with E-state index < -0.39 is 0 Å². The number of nitrogens with one attached hydrogen (secondary N) is 2. The largest absolute Gasteiger partial charge is 0.359 e. The van der Waals surface area contributed by atoms with Crippen LogP contribution in [0.4, 0.5) is 5.69 Å². The molecule has 0 atom stereocenters. The highest BCUT2D eigenvalue weighted by Gasteiger charge is 2.12. The minimum atomic E-state index is -0.0451. The van der Waals surface area contributed by atoms with Crippen LogP contribution in [0.2, 0.25) is 0 Å². The monoisotopic (exact) mass is 166 g/mol. The van der Waals surface area contributed by atoms with Gasteiger partial charge in [0.25, 0.3) is 5.91 Å². The standard InChI is InChI=1S/C7H6N2OS/c10-7-6-5(1-4-11-6)8-2-3-9-7/h1-4,8H,(H,9,10). The SMILES string of the molecule is O=C1NC=CNc2ccsc21. The number of carbonyl (C=O) groups is 1. The summed E-state index contributed by atoms with van der Waals surface area (Å²) in [7, 11) is 0. The lowest BCUT2D eigenvalue weighted by atomic mass is 10.4. The van der Waals surface area contributed by atoms with Crippen molar-refractivity contribution in [2.24, 2.45) is 0 Å². The predicted octanol–water partition coefficient (Wildman–Crippen LogP) is 1.37. The molecule has 11 heavy (non-hydrogen) atoms. The maximum absolute atomic E-state index is 11.2. The van der Waals surface area contributed by atoms with Gasteiger partial charge < -0.3 is 10.6 Å². The zero-order valence-electron chi connectivity index (χ0n) is 5.63. The first kappa shape index (κ1) is 6.42. The Bertz CT molecular complexity index is 316. The first-order valence-corrected chi connectivity index (χ1v) is 4.06. The van der Waals surface area contributed by atoms with E-state index in [1.54, 1.807) is 12.4 Å². The fourth-order valence-electron chi connectivity index (χ4n) is 0.913. The third kappa shape index (κ3) is 1.01. The van der Waals surface area contributed by atoms with Crippen LogP contribution in [0.5, 0.6) is 0 Å². The van der Waals surface area contributed by atoms with Crippen molar-refractivity contribution in [1.82, 2.24) is 5.32 Å². The van der Waals surface area contributed by atoms with E-state index in [4.69, 9.17) is 0 Å². The van der Waals surface area contributed by atoms with Crippen LogP contribution in [0.15, 0.2) is 23.8 Å². The van der Waals surface area contributed by atoms with Gasteiger partial charge in [0.15, 0.2) is 0 Å². The Labute approximate surface area is 67.7 Å². The van der Waals surface area contributed by atoms with Gasteiger partial charge in [0.2, 0.25) is 0 Å². The number of fused-ring (bicyclic) bond motifs is 1. The number of anilines is 1. The van der Waals surface area contributed by atoms with Gasteiger partial charge in [-0.25, -0.2) is 0 Å². The summed E-state index contributed by atoms with van der Waals surface area (Å²) in [5, 5.41) is 7.48. The van der Waals surface area contributed by atoms with E-state index in [1.165, 1.54) is 11.3 Å². The molecule has 0 radical (unpaired) electrons. The van der Waals surface area contributed by atoms with Gasteiger partial charge in [0.05, 0.1) is 5.69 Å². The molecule has 1 aromatic rings. The van der Waals surface area contributed by atoms with Crippen molar-refractivity contribution in [3.63, 3.8) is 0 Å².